The summed E-state index contributed by atoms with van der Waals surface area (Å²) in [7, 11) is 0. The Labute approximate surface area is 131 Å². The molecular formula is C20H19NO. The Balaban J connectivity index is 2.24. The molecule has 1 N–H and O–H groups in total. The zero-order chi connectivity index (χ0) is 15.5. The van der Waals surface area contributed by atoms with Crippen molar-refractivity contribution in [2.24, 2.45) is 0 Å². The number of para-hydroxylation sites is 2. The minimum absolute atomic E-state index is 0.268. The van der Waals surface area contributed by atoms with Gasteiger partial charge < -0.3 is 10.0 Å². The smallest absolute Gasteiger partial charge is 0.117 e. The fraction of sp³-hybridized carbons (Fsp3) is 0.100. The van der Waals surface area contributed by atoms with Crippen molar-refractivity contribution in [2.45, 2.75) is 13.8 Å². The van der Waals surface area contributed by atoms with E-state index in [4.69, 9.17) is 0 Å². The summed E-state index contributed by atoms with van der Waals surface area (Å²) in [6.07, 6.45) is 0. The van der Waals surface area contributed by atoms with Gasteiger partial charge in [-0.1, -0.05) is 42.5 Å². The first-order valence-electron chi connectivity index (χ1n) is 7.37. The Bertz CT molecular complexity index is 749. The summed E-state index contributed by atoms with van der Waals surface area (Å²) in [6, 6.07) is 23.9. The Morgan fingerprint density at radius 1 is 0.682 bits per heavy atom. The quantitative estimate of drug-likeness (QED) is 0.690. The van der Waals surface area contributed by atoms with Crippen LogP contribution in [-0.4, -0.2) is 5.11 Å². The Kier molecular flexibility index (Phi) is 3.84. The van der Waals surface area contributed by atoms with Gasteiger partial charge in [0.15, 0.2) is 0 Å². The summed E-state index contributed by atoms with van der Waals surface area (Å²) in [5.74, 6) is 0.268. The van der Waals surface area contributed by atoms with Crippen LogP contribution < -0.4 is 4.90 Å². The van der Waals surface area contributed by atoms with Gasteiger partial charge in [-0.25, -0.2) is 0 Å². The normalized spacial score (nSPS) is 10.5. The number of phenols is 1. The molecule has 0 aliphatic rings. The lowest BCUT2D eigenvalue weighted by Crippen LogP contribution is -2.12. The number of aromatic hydroxyl groups is 1. The largest absolute Gasteiger partial charge is 0.508 e. The first kappa shape index (κ1) is 14.2. The SMILES string of the molecule is Cc1ccccc1N(c1cccc(O)c1)c1ccccc1C. The first-order chi connectivity index (χ1) is 10.7. The molecule has 0 saturated carbocycles. The number of nitrogens with zero attached hydrogens (tertiary/aromatic N) is 1. The van der Waals surface area contributed by atoms with Crippen LogP contribution >= 0.6 is 0 Å². The monoisotopic (exact) mass is 289 g/mol. The molecule has 0 fully saturated rings. The second-order valence-corrected chi connectivity index (χ2v) is 5.43. The van der Waals surface area contributed by atoms with Crippen molar-refractivity contribution in [3.05, 3.63) is 83.9 Å². The molecule has 0 aliphatic carbocycles. The average Bonchev–Trinajstić information content (AvgIpc) is 2.51. The summed E-state index contributed by atoms with van der Waals surface area (Å²) < 4.78 is 0. The summed E-state index contributed by atoms with van der Waals surface area (Å²) in [6.45, 7) is 4.20. The molecule has 0 amide bonds. The Morgan fingerprint density at radius 2 is 1.23 bits per heavy atom. The highest BCUT2D eigenvalue weighted by Gasteiger charge is 2.15. The molecule has 2 heteroatoms. The third-order valence-electron chi connectivity index (χ3n) is 3.80. The van der Waals surface area contributed by atoms with E-state index in [-0.39, 0.29) is 5.75 Å². The summed E-state index contributed by atoms with van der Waals surface area (Å²) in [4.78, 5) is 2.18. The lowest BCUT2D eigenvalue weighted by atomic mass is 10.1. The maximum absolute atomic E-state index is 9.87. The number of rotatable bonds is 3. The maximum Gasteiger partial charge on any atom is 0.117 e. The zero-order valence-electron chi connectivity index (χ0n) is 12.8. The predicted octanol–water partition coefficient (Wildman–Crippen LogP) is 5.48. The van der Waals surface area contributed by atoms with E-state index in [1.165, 1.54) is 11.1 Å². The van der Waals surface area contributed by atoms with Gasteiger partial charge in [0.1, 0.15) is 5.75 Å². The van der Waals surface area contributed by atoms with Gasteiger partial charge in [-0.2, -0.15) is 0 Å². The Hall–Kier alpha value is -2.74. The average molecular weight is 289 g/mol. The number of hydrogen-bond acceptors (Lipinski definition) is 2. The van der Waals surface area contributed by atoms with Crippen LogP contribution in [0, 0.1) is 13.8 Å². The third-order valence-corrected chi connectivity index (χ3v) is 3.80. The molecule has 0 heterocycles. The molecule has 0 aliphatic heterocycles. The molecule has 3 aromatic carbocycles. The third kappa shape index (κ3) is 2.68. The predicted molar refractivity (Wildman–Crippen MR) is 92.3 cm³/mol. The number of anilines is 3. The van der Waals surface area contributed by atoms with Gasteiger partial charge in [0, 0.05) is 23.1 Å². The van der Waals surface area contributed by atoms with Gasteiger partial charge in [0.25, 0.3) is 0 Å². The molecule has 2 nitrogen and oxygen atoms in total. The highest BCUT2D eigenvalue weighted by Crippen LogP contribution is 2.38. The van der Waals surface area contributed by atoms with Crippen LogP contribution in [0.1, 0.15) is 11.1 Å². The highest BCUT2D eigenvalue weighted by atomic mass is 16.3. The number of phenolic OH excluding ortho intramolecular Hbond substituents is 1. The van der Waals surface area contributed by atoms with Crippen LogP contribution in [0.15, 0.2) is 72.8 Å². The van der Waals surface area contributed by atoms with Crippen molar-refractivity contribution in [1.29, 1.82) is 0 Å². The minimum Gasteiger partial charge on any atom is -0.508 e. The fourth-order valence-electron chi connectivity index (χ4n) is 2.67. The van der Waals surface area contributed by atoms with Crippen LogP contribution in [0.4, 0.5) is 17.1 Å². The van der Waals surface area contributed by atoms with Crippen LogP contribution in [0.25, 0.3) is 0 Å². The van der Waals surface area contributed by atoms with Crippen molar-refractivity contribution in [3.8, 4) is 5.75 Å². The lowest BCUT2D eigenvalue weighted by Gasteiger charge is -2.28. The summed E-state index contributed by atoms with van der Waals surface area (Å²) >= 11 is 0. The molecular weight excluding hydrogens is 270 g/mol. The zero-order valence-corrected chi connectivity index (χ0v) is 12.8. The maximum atomic E-state index is 9.87. The first-order valence-corrected chi connectivity index (χ1v) is 7.37. The summed E-state index contributed by atoms with van der Waals surface area (Å²) in [5.41, 5.74) is 5.55. The van der Waals surface area contributed by atoms with Crippen molar-refractivity contribution in [2.75, 3.05) is 4.90 Å². The molecule has 22 heavy (non-hydrogen) atoms. The molecule has 0 atom stereocenters. The van der Waals surface area contributed by atoms with Crippen LogP contribution in [-0.2, 0) is 0 Å². The van der Waals surface area contributed by atoms with Crippen LogP contribution in [0.5, 0.6) is 5.75 Å². The molecule has 0 radical (unpaired) electrons. The standard InChI is InChI=1S/C20H19NO/c1-15-8-3-5-12-19(15)21(17-10-7-11-18(22)14-17)20-13-6-4-9-16(20)2/h3-14,22H,1-2H3. The molecule has 3 aromatic rings. The lowest BCUT2D eigenvalue weighted by molar-refractivity contribution is 0.475. The van der Waals surface area contributed by atoms with E-state index < -0.39 is 0 Å². The van der Waals surface area contributed by atoms with Gasteiger partial charge >= 0.3 is 0 Å². The van der Waals surface area contributed by atoms with Gasteiger partial charge in [-0.15, -0.1) is 0 Å². The molecule has 0 saturated heterocycles. The van der Waals surface area contributed by atoms with E-state index in [0.29, 0.717) is 0 Å². The summed E-state index contributed by atoms with van der Waals surface area (Å²) in [5, 5.41) is 9.87. The van der Waals surface area contributed by atoms with Gasteiger partial charge in [-0.3, -0.25) is 0 Å². The van der Waals surface area contributed by atoms with E-state index >= 15 is 0 Å². The van der Waals surface area contributed by atoms with Gasteiger partial charge in [0.2, 0.25) is 0 Å². The van der Waals surface area contributed by atoms with Crippen molar-refractivity contribution in [3.63, 3.8) is 0 Å². The van der Waals surface area contributed by atoms with E-state index in [1.54, 1.807) is 12.1 Å². The fourth-order valence-corrected chi connectivity index (χ4v) is 2.67. The molecule has 0 aromatic heterocycles. The van der Waals surface area contributed by atoms with Crippen LogP contribution in [0.2, 0.25) is 0 Å². The van der Waals surface area contributed by atoms with E-state index in [0.717, 1.165) is 17.1 Å². The van der Waals surface area contributed by atoms with E-state index in [9.17, 15) is 5.11 Å². The highest BCUT2D eigenvalue weighted by molar-refractivity contribution is 5.80. The van der Waals surface area contributed by atoms with Crippen LogP contribution in [0.3, 0.4) is 0 Å². The molecule has 110 valence electrons. The second kappa shape index (κ2) is 5.94. The number of aryl methyl sites for hydroxylation is 2. The second-order valence-electron chi connectivity index (χ2n) is 5.43. The van der Waals surface area contributed by atoms with E-state index in [2.05, 4.69) is 43.0 Å². The molecule has 0 spiro atoms. The van der Waals surface area contributed by atoms with Gasteiger partial charge in [-0.05, 0) is 49.2 Å². The molecule has 0 bridgehead atoms. The molecule has 0 unspecified atom stereocenters. The Morgan fingerprint density at radius 3 is 1.73 bits per heavy atom. The van der Waals surface area contributed by atoms with Crippen molar-refractivity contribution >= 4 is 17.1 Å². The van der Waals surface area contributed by atoms with Crippen molar-refractivity contribution in [1.82, 2.24) is 0 Å². The minimum atomic E-state index is 0.268. The topological polar surface area (TPSA) is 23.5 Å². The van der Waals surface area contributed by atoms with Crippen molar-refractivity contribution < 1.29 is 5.11 Å². The van der Waals surface area contributed by atoms with E-state index in [1.807, 2.05) is 36.4 Å². The van der Waals surface area contributed by atoms with Gasteiger partial charge in [0.05, 0.1) is 0 Å². The molecule has 3 rings (SSSR count). The number of hydrogen-bond donors (Lipinski definition) is 1. The number of benzene rings is 3.